The number of ether oxygens (including phenoxy) is 1. The van der Waals surface area contributed by atoms with Gasteiger partial charge in [-0.25, -0.2) is 4.79 Å². The molecule has 120 valence electrons. The maximum atomic E-state index is 12.7. The van der Waals surface area contributed by atoms with Crippen molar-refractivity contribution in [3.05, 3.63) is 40.2 Å². The summed E-state index contributed by atoms with van der Waals surface area (Å²) in [6.07, 6.45) is 7.77. The number of rotatable bonds is 4. The summed E-state index contributed by atoms with van der Waals surface area (Å²) in [6.45, 7) is 4.71. The molecule has 3 amide bonds. The molecule has 1 aromatic rings. The van der Waals surface area contributed by atoms with Gasteiger partial charge in [0.15, 0.2) is 5.36 Å². The second-order valence-electron chi connectivity index (χ2n) is 5.51. The molecule has 3 rings (SSSR count). The first-order valence-electron chi connectivity index (χ1n) is 7.84. The van der Waals surface area contributed by atoms with Crippen molar-refractivity contribution in [3.8, 4) is 0 Å². The summed E-state index contributed by atoms with van der Waals surface area (Å²) in [5.41, 5.74) is 1.21. The molecular weight excluding hydrogens is 294 g/mol. The van der Waals surface area contributed by atoms with E-state index in [1.807, 2.05) is 25.2 Å². The van der Waals surface area contributed by atoms with Gasteiger partial charge in [0.25, 0.3) is 0 Å². The molecule has 0 spiro atoms. The summed E-state index contributed by atoms with van der Waals surface area (Å²) in [5, 5.41) is 1.45. The van der Waals surface area contributed by atoms with E-state index in [2.05, 4.69) is 4.98 Å². The maximum Gasteiger partial charge on any atom is 0.501 e. The summed E-state index contributed by atoms with van der Waals surface area (Å²) >= 11 is 0. The highest BCUT2D eigenvalue weighted by Crippen LogP contribution is 2.15. The van der Waals surface area contributed by atoms with Crippen molar-refractivity contribution in [2.45, 2.75) is 26.4 Å². The fraction of sp³-hybridized carbons (Fsp3) is 0.412. The Labute approximate surface area is 134 Å². The average Bonchev–Trinajstić information content (AvgIpc) is 2.57. The van der Waals surface area contributed by atoms with E-state index in [1.165, 1.54) is 4.90 Å². The quantitative estimate of drug-likeness (QED) is 0.764. The van der Waals surface area contributed by atoms with Crippen LogP contribution in [0.4, 0.5) is 4.79 Å². The second kappa shape index (κ2) is 6.04. The molecule has 1 aliphatic heterocycles. The van der Waals surface area contributed by atoms with Crippen LogP contribution in [0.2, 0.25) is 0 Å². The number of methoxy groups -OCH3 is 1. The molecule has 2 heterocycles. The zero-order chi connectivity index (χ0) is 16.6. The minimum absolute atomic E-state index is 0.266. The van der Waals surface area contributed by atoms with Gasteiger partial charge in [0.2, 0.25) is 0 Å². The third-order valence-electron chi connectivity index (χ3n) is 4.16. The molecular formula is C17H20N3O3+. The van der Waals surface area contributed by atoms with Gasteiger partial charge in [-0.2, -0.15) is 14.3 Å². The van der Waals surface area contributed by atoms with Gasteiger partial charge in [-0.15, -0.1) is 0 Å². The van der Waals surface area contributed by atoms with Gasteiger partial charge in [0.1, 0.15) is 11.7 Å². The van der Waals surface area contributed by atoms with E-state index in [0.717, 1.165) is 17.3 Å². The number of nitrogens with zero attached hydrogens (tertiary/aromatic N) is 3. The summed E-state index contributed by atoms with van der Waals surface area (Å²) < 4.78 is 7.12. The number of urea groups is 1. The van der Waals surface area contributed by atoms with Crippen LogP contribution in [0, 0.1) is 0 Å². The Morgan fingerprint density at radius 2 is 2.13 bits per heavy atom. The van der Waals surface area contributed by atoms with E-state index < -0.39 is 0 Å². The molecule has 0 bridgehead atoms. The Balaban J connectivity index is 2.41. The van der Waals surface area contributed by atoms with Gasteiger partial charge >= 0.3 is 11.9 Å². The number of hydrogen-bond donors (Lipinski definition) is 0. The van der Waals surface area contributed by atoms with Crippen molar-refractivity contribution < 1.29 is 14.3 Å². The third-order valence-corrected chi connectivity index (χ3v) is 4.16. The molecule has 1 unspecified atom stereocenters. The molecule has 6 nitrogen and oxygen atoms in total. The molecule has 0 fully saturated rings. The van der Waals surface area contributed by atoms with Crippen LogP contribution in [-0.4, -0.2) is 42.0 Å². The molecule has 0 aromatic carbocycles. The van der Waals surface area contributed by atoms with E-state index in [4.69, 9.17) is 4.74 Å². The van der Waals surface area contributed by atoms with Crippen LogP contribution in [0.1, 0.15) is 42.4 Å². The van der Waals surface area contributed by atoms with Crippen molar-refractivity contribution in [2.24, 2.45) is 0 Å². The van der Waals surface area contributed by atoms with Gasteiger partial charge in [0, 0.05) is 18.5 Å². The van der Waals surface area contributed by atoms with Crippen LogP contribution >= 0.6 is 0 Å². The monoisotopic (exact) mass is 314 g/mol. The summed E-state index contributed by atoms with van der Waals surface area (Å²) in [5.74, 6) is -0.285. The SMILES string of the molecule is CCC[N+]1=c2c(cnc3c2=CC=CC3OC)C(=O)N(CC)C1=O. The molecule has 1 aromatic heterocycles. The molecule has 1 aliphatic carbocycles. The van der Waals surface area contributed by atoms with Crippen molar-refractivity contribution in [3.63, 3.8) is 0 Å². The standard InChI is InChI=1S/C17H20N3O3/c1-4-9-20-15-11-7-6-8-13(23-3)14(11)18-10-12(15)16(21)19(5-2)17(20)22/h6-8,10,13H,4-5,9H2,1-3H3/q+1. The number of allylic oxidation sites excluding steroid dienone is 1. The summed E-state index contributed by atoms with van der Waals surface area (Å²) in [4.78, 5) is 31.0. The molecule has 0 saturated carbocycles. The van der Waals surface area contributed by atoms with E-state index in [0.29, 0.717) is 24.0 Å². The van der Waals surface area contributed by atoms with Crippen LogP contribution in [0.3, 0.4) is 0 Å². The Morgan fingerprint density at radius 1 is 1.35 bits per heavy atom. The zero-order valence-corrected chi connectivity index (χ0v) is 13.6. The van der Waals surface area contributed by atoms with Crippen LogP contribution in [0.5, 0.6) is 0 Å². The molecule has 0 saturated heterocycles. The largest absolute Gasteiger partial charge is 0.501 e. The van der Waals surface area contributed by atoms with Crippen LogP contribution in [0.25, 0.3) is 6.08 Å². The van der Waals surface area contributed by atoms with E-state index >= 15 is 0 Å². The van der Waals surface area contributed by atoms with Gasteiger partial charge in [-0.1, -0.05) is 13.0 Å². The number of carbonyl (C=O) groups is 2. The highest BCUT2D eigenvalue weighted by atomic mass is 16.5. The minimum Gasteiger partial charge on any atom is -0.371 e. The zero-order valence-electron chi connectivity index (χ0n) is 13.6. The van der Waals surface area contributed by atoms with Gasteiger partial charge in [0.05, 0.1) is 18.8 Å². The number of imide groups is 1. The van der Waals surface area contributed by atoms with E-state index in [9.17, 15) is 9.59 Å². The van der Waals surface area contributed by atoms with Crippen LogP contribution in [-0.2, 0) is 4.74 Å². The number of fused-ring (bicyclic) bond motifs is 3. The predicted molar refractivity (Wildman–Crippen MR) is 85.3 cm³/mol. The fourth-order valence-electron chi connectivity index (χ4n) is 3.09. The molecule has 1 atom stereocenters. The first kappa shape index (κ1) is 15.6. The summed E-state index contributed by atoms with van der Waals surface area (Å²) in [6, 6.07) is -0.267. The number of aromatic nitrogens is 1. The Bertz CT molecular complexity index is 826. The average molecular weight is 314 g/mol. The van der Waals surface area contributed by atoms with Crippen molar-refractivity contribution in [1.82, 2.24) is 14.5 Å². The highest BCUT2D eigenvalue weighted by molar-refractivity contribution is 6.06. The van der Waals surface area contributed by atoms with Crippen LogP contribution in [0.15, 0.2) is 18.3 Å². The molecule has 0 N–H and O–H groups in total. The smallest absolute Gasteiger partial charge is 0.371 e. The second-order valence-corrected chi connectivity index (χ2v) is 5.51. The summed E-state index contributed by atoms with van der Waals surface area (Å²) in [7, 11) is 1.62. The van der Waals surface area contributed by atoms with E-state index in [1.54, 1.807) is 24.8 Å². The fourth-order valence-corrected chi connectivity index (χ4v) is 3.09. The molecule has 0 radical (unpaired) electrons. The predicted octanol–water partition coefficient (Wildman–Crippen LogP) is 0.616. The van der Waals surface area contributed by atoms with Crippen molar-refractivity contribution >= 4 is 18.0 Å². The molecule has 6 heteroatoms. The van der Waals surface area contributed by atoms with E-state index in [-0.39, 0.29) is 18.0 Å². The van der Waals surface area contributed by atoms with Gasteiger partial charge in [-0.05, 0) is 25.5 Å². The number of hydrogen-bond acceptors (Lipinski definition) is 4. The van der Waals surface area contributed by atoms with Crippen molar-refractivity contribution in [2.75, 3.05) is 20.2 Å². The Morgan fingerprint density at radius 3 is 2.78 bits per heavy atom. The lowest BCUT2D eigenvalue weighted by Crippen LogP contribution is -2.59. The Kier molecular flexibility index (Phi) is 4.09. The highest BCUT2D eigenvalue weighted by Gasteiger charge is 2.40. The molecule has 2 aliphatic rings. The number of amides is 3. The normalized spacial score (nSPS) is 19.5. The number of carbonyl (C=O) groups excluding carboxylic acids is 2. The maximum absolute atomic E-state index is 12.7. The van der Waals surface area contributed by atoms with Gasteiger partial charge in [-0.3, -0.25) is 4.98 Å². The van der Waals surface area contributed by atoms with Gasteiger partial charge < -0.3 is 4.74 Å². The molecule has 23 heavy (non-hydrogen) atoms. The lowest BCUT2D eigenvalue weighted by Gasteiger charge is -2.21. The lowest BCUT2D eigenvalue weighted by atomic mass is 10.0. The third kappa shape index (κ3) is 2.30. The number of pyridine rings is 1. The lowest BCUT2D eigenvalue weighted by molar-refractivity contribution is 0.0783. The first-order chi connectivity index (χ1) is 11.1. The van der Waals surface area contributed by atoms with Crippen molar-refractivity contribution in [1.29, 1.82) is 0 Å². The Hall–Kier alpha value is -2.34. The van der Waals surface area contributed by atoms with Crippen LogP contribution < -0.4 is 15.2 Å². The topological polar surface area (TPSA) is 62.5 Å². The minimum atomic E-state index is -0.285. The first-order valence-corrected chi connectivity index (χ1v) is 7.84.